The quantitative estimate of drug-likeness (QED) is 0.422. The van der Waals surface area contributed by atoms with Gasteiger partial charge in [-0.25, -0.2) is 0 Å². The summed E-state index contributed by atoms with van der Waals surface area (Å²) in [5.41, 5.74) is 1.21. The van der Waals surface area contributed by atoms with E-state index in [-0.39, 0.29) is 24.0 Å². The number of fused-ring (bicyclic) bond motifs is 1. The third kappa shape index (κ3) is 6.26. The number of guanidine groups is 1. The molecule has 2 N–H and O–H groups in total. The molecular weight excluding hydrogens is 415 g/mol. The fourth-order valence-electron chi connectivity index (χ4n) is 2.32. The molecule has 2 rings (SSSR count). The number of pyridine rings is 1. The van der Waals surface area contributed by atoms with Crippen molar-refractivity contribution >= 4 is 35.6 Å². The van der Waals surface area contributed by atoms with Gasteiger partial charge in [0.15, 0.2) is 17.4 Å². The van der Waals surface area contributed by atoms with Crippen LogP contribution in [0.2, 0.25) is 0 Å². The van der Waals surface area contributed by atoms with Crippen molar-refractivity contribution in [3.05, 3.63) is 30.2 Å². The summed E-state index contributed by atoms with van der Waals surface area (Å²) in [6.45, 7) is 9.57. The fourth-order valence-corrected chi connectivity index (χ4v) is 2.32. The Morgan fingerprint density at radius 1 is 1.29 bits per heavy atom. The van der Waals surface area contributed by atoms with Crippen LogP contribution in [0.1, 0.15) is 46.4 Å². The summed E-state index contributed by atoms with van der Waals surface area (Å²) < 4.78 is 1.98. The molecule has 0 amide bonds. The Bertz CT molecular complexity index is 658. The summed E-state index contributed by atoms with van der Waals surface area (Å²) >= 11 is 0. The predicted molar refractivity (Wildman–Crippen MR) is 110 cm³/mol. The van der Waals surface area contributed by atoms with E-state index in [9.17, 15) is 0 Å². The molecule has 0 spiro atoms. The topological polar surface area (TPSA) is 66.6 Å². The van der Waals surface area contributed by atoms with Gasteiger partial charge in [0.25, 0.3) is 0 Å². The van der Waals surface area contributed by atoms with Crippen LogP contribution in [0, 0.1) is 5.41 Å². The first kappa shape index (κ1) is 20.7. The maximum Gasteiger partial charge on any atom is 0.191 e. The predicted octanol–water partition coefficient (Wildman–Crippen LogP) is 3.23. The molecule has 1 atom stereocenters. The molecule has 0 aromatic carbocycles. The van der Waals surface area contributed by atoms with Gasteiger partial charge < -0.3 is 10.6 Å². The van der Waals surface area contributed by atoms with Crippen LogP contribution < -0.4 is 10.6 Å². The summed E-state index contributed by atoms with van der Waals surface area (Å²) in [5, 5.41) is 15.1. The number of halogens is 1. The van der Waals surface area contributed by atoms with Gasteiger partial charge in [-0.2, -0.15) is 0 Å². The molecule has 0 saturated heterocycles. The second kappa shape index (κ2) is 9.19. The molecule has 6 nitrogen and oxygen atoms in total. The van der Waals surface area contributed by atoms with Gasteiger partial charge in [-0.15, -0.1) is 34.2 Å². The number of aromatic nitrogens is 3. The summed E-state index contributed by atoms with van der Waals surface area (Å²) in [4.78, 5) is 4.29. The number of aliphatic imine (C=N–C) groups is 1. The van der Waals surface area contributed by atoms with Gasteiger partial charge in [0, 0.05) is 19.3 Å². The van der Waals surface area contributed by atoms with Crippen LogP contribution in [0.3, 0.4) is 0 Å². The van der Waals surface area contributed by atoms with E-state index in [4.69, 9.17) is 0 Å². The minimum atomic E-state index is 0. The molecular formula is C17H29IN6. The molecule has 24 heavy (non-hydrogen) atoms. The highest BCUT2D eigenvalue weighted by Crippen LogP contribution is 2.21. The van der Waals surface area contributed by atoms with E-state index in [2.05, 4.69) is 53.5 Å². The first-order valence-electron chi connectivity index (χ1n) is 8.15. The van der Waals surface area contributed by atoms with Gasteiger partial charge in [0.05, 0.1) is 6.54 Å². The summed E-state index contributed by atoms with van der Waals surface area (Å²) in [6, 6.07) is 6.24. The van der Waals surface area contributed by atoms with Gasteiger partial charge >= 0.3 is 0 Å². The minimum absolute atomic E-state index is 0. The molecule has 2 heterocycles. The van der Waals surface area contributed by atoms with Crippen molar-refractivity contribution in [2.24, 2.45) is 10.4 Å². The average Bonchev–Trinajstić information content (AvgIpc) is 2.92. The SMILES string of the molecule is CN=C(NCc1nnc2ccccn12)NC(C)CCC(C)(C)C.I. The first-order chi connectivity index (χ1) is 10.9. The Kier molecular flexibility index (Phi) is 7.92. The third-order valence-corrected chi connectivity index (χ3v) is 3.73. The van der Waals surface area contributed by atoms with Crippen LogP contribution in [0.15, 0.2) is 29.4 Å². The molecule has 0 aliphatic heterocycles. The number of nitrogens with zero attached hydrogens (tertiary/aromatic N) is 4. The lowest BCUT2D eigenvalue weighted by molar-refractivity contribution is 0.346. The molecule has 0 aliphatic rings. The summed E-state index contributed by atoms with van der Waals surface area (Å²) in [5.74, 6) is 1.66. The van der Waals surface area contributed by atoms with Crippen molar-refractivity contribution in [2.45, 2.75) is 53.1 Å². The van der Waals surface area contributed by atoms with Crippen LogP contribution in [-0.4, -0.2) is 33.6 Å². The number of nitrogens with one attached hydrogen (secondary N) is 2. The average molecular weight is 444 g/mol. The van der Waals surface area contributed by atoms with Crippen molar-refractivity contribution < 1.29 is 0 Å². The zero-order valence-corrected chi connectivity index (χ0v) is 17.5. The van der Waals surface area contributed by atoms with E-state index >= 15 is 0 Å². The zero-order valence-electron chi connectivity index (χ0n) is 15.2. The fraction of sp³-hybridized carbons (Fsp3) is 0.588. The highest BCUT2D eigenvalue weighted by atomic mass is 127. The maximum atomic E-state index is 4.29. The van der Waals surface area contributed by atoms with E-state index in [1.165, 1.54) is 6.42 Å². The molecule has 2 aromatic rings. The van der Waals surface area contributed by atoms with Crippen LogP contribution in [-0.2, 0) is 6.54 Å². The first-order valence-corrected chi connectivity index (χ1v) is 8.15. The van der Waals surface area contributed by atoms with Gasteiger partial charge in [-0.1, -0.05) is 26.8 Å². The molecule has 0 aliphatic carbocycles. The Morgan fingerprint density at radius 2 is 2.04 bits per heavy atom. The van der Waals surface area contributed by atoms with Gasteiger partial charge in [-0.05, 0) is 37.3 Å². The second-order valence-electron chi connectivity index (χ2n) is 7.12. The lowest BCUT2D eigenvalue weighted by Gasteiger charge is -2.23. The Morgan fingerprint density at radius 3 is 2.71 bits per heavy atom. The van der Waals surface area contributed by atoms with Crippen LogP contribution in [0.4, 0.5) is 0 Å². The highest BCUT2D eigenvalue weighted by Gasteiger charge is 2.13. The molecule has 0 saturated carbocycles. The van der Waals surface area contributed by atoms with E-state index < -0.39 is 0 Å². The van der Waals surface area contributed by atoms with Crippen LogP contribution in [0.25, 0.3) is 5.65 Å². The van der Waals surface area contributed by atoms with Gasteiger partial charge in [0.2, 0.25) is 0 Å². The number of hydrogen-bond donors (Lipinski definition) is 2. The van der Waals surface area contributed by atoms with E-state index in [1.54, 1.807) is 7.05 Å². The highest BCUT2D eigenvalue weighted by molar-refractivity contribution is 14.0. The van der Waals surface area contributed by atoms with E-state index in [1.807, 2.05) is 28.8 Å². The summed E-state index contributed by atoms with van der Waals surface area (Å²) in [6.07, 6.45) is 4.25. The molecule has 1 unspecified atom stereocenters. The molecule has 7 heteroatoms. The lowest BCUT2D eigenvalue weighted by atomic mass is 9.89. The normalized spacial score (nSPS) is 13.5. The smallest absolute Gasteiger partial charge is 0.191 e. The minimum Gasteiger partial charge on any atom is -0.354 e. The van der Waals surface area contributed by atoms with E-state index in [0.717, 1.165) is 23.9 Å². The molecule has 2 aromatic heterocycles. The van der Waals surface area contributed by atoms with Crippen molar-refractivity contribution in [3.8, 4) is 0 Å². The Balaban J connectivity index is 0.00000288. The second-order valence-corrected chi connectivity index (χ2v) is 7.12. The maximum absolute atomic E-state index is 4.29. The van der Waals surface area contributed by atoms with Gasteiger partial charge in [0.1, 0.15) is 0 Å². The third-order valence-electron chi connectivity index (χ3n) is 3.73. The van der Waals surface area contributed by atoms with Crippen molar-refractivity contribution in [3.63, 3.8) is 0 Å². The number of hydrogen-bond acceptors (Lipinski definition) is 3. The Hall–Kier alpha value is -1.38. The van der Waals surface area contributed by atoms with Crippen molar-refractivity contribution in [2.75, 3.05) is 7.05 Å². The molecule has 0 fully saturated rings. The lowest BCUT2D eigenvalue weighted by Crippen LogP contribution is -2.42. The molecule has 0 bridgehead atoms. The Labute approximate surface area is 161 Å². The standard InChI is InChI=1S/C17H28N6.HI/c1-13(9-10-17(2,3)4)20-16(18-5)19-12-15-22-21-14-8-6-7-11-23(14)15;/h6-8,11,13H,9-10,12H2,1-5H3,(H2,18,19,20);1H. The largest absolute Gasteiger partial charge is 0.354 e. The molecule has 0 radical (unpaired) electrons. The zero-order chi connectivity index (χ0) is 16.9. The van der Waals surface area contributed by atoms with E-state index in [0.29, 0.717) is 18.0 Å². The van der Waals surface area contributed by atoms with Crippen LogP contribution >= 0.6 is 24.0 Å². The monoisotopic (exact) mass is 444 g/mol. The molecule has 134 valence electrons. The number of rotatable bonds is 5. The van der Waals surface area contributed by atoms with Crippen molar-refractivity contribution in [1.82, 2.24) is 25.2 Å². The van der Waals surface area contributed by atoms with Crippen molar-refractivity contribution in [1.29, 1.82) is 0 Å². The van der Waals surface area contributed by atoms with Gasteiger partial charge in [-0.3, -0.25) is 9.39 Å². The summed E-state index contributed by atoms with van der Waals surface area (Å²) in [7, 11) is 1.79. The van der Waals surface area contributed by atoms with Crippen LogP contribution in [0.5, 0.6) is 0 Å².